The maximum absolute atomic E-state index is 12.8. The van der Waals surface area contributed by atoms with E-state index in [0.717, 1.165) is 21.5 Å². The minimum atomic E-state index is -0.277. The predicted molar refractivity (Wildman–Crippen MR) is 117 cm³/mol. The molecule has 1 heterocycles. The minimum Gasteiger partial charge on any atom is -0.488 e. The molecular weight excluding hydrogens is 458 g/mol. The Labute approximate surface area is 187 Å². The number of hydrogen-bond acceptors (Lipinski definition) is 5. The van der Waals surface area contributed by atoms with Crippen LogP contribution in [0.1, 0.15) is 23.1 Å². The fourth-order valence-corrected chi connectivity index (χ4v) is 5.16. The van der Waals surface area contributed by atoms with Crippen molar-refractivity contribution in [3.63, 3.8) is 0 Å². The summed E-state index contributed by atoms with van der Waals surface area (Å²) in [5, 5.41) is 14.5. The molecule has 2 aromatic rings. The van der Waals surface area contributed by atoms with E-state index in [1.807, 2.05) is 24.3 Å². The number of carbonyl (C=O) groups excluding carboxylic acids is 2. The van der Waals surface area contributed by atoms with Gasteiger partial charge in [0.25, 0.3) is 11.8 Å². The summed E-state index contributed by atoms with van der Waals surface area (Å²) in [7, 11) is 0. The molecule has 2 amide bonds. The standard InChI is InChI=1S/C24H18BrN3O3/c25-19-7-8-20(31-13-17-4-2-1-3-16(17)11-26)18(10-19)12-27-28-23(29)21-14-5-6-15(9-14)22(21)24(28)30/h1-8,10,12,14-15,21-22H,9,13H2. The van der Waals surface area contributed by atoms with Crippen LogP contribution in [0, 0.1) is 35.0 Å². The lowest BCUT2D eigenvalue weighted by atomic mass is 9.85. The van der Waals surface area contributed by atoms with E-state index >= 15 is 0 Å². The molecule has 1 aliphatic heterocycles. The van der Waals surface area contributed by atoms with Gasteiger partial charge in [-0.25, -0.2) is 0 Å². The maximum Gasteiger partial charge on any atom is 0.254 e. The van der Waals surface area contributed by atoms with Gasteiger partial charge in [0.05, 0.1) is 29.7 Å². The van der Waals surface area contributed by atoms with E-state index in [2.05, 4.69) is 39.3 Å². The highest BCUT2D eigenvalue weighted by atomic mass is 79.9. The van der Waals surface area contributed by atoms with E-state index in [-0.39, 0.29) is 42.1 Å². The van der Waals surface area contributed by atoms with Crippen molar-refractivity contribution in [2.75, 3.05) is 0 Å². The zero-order chi connectivity index (χ0) is 21.5. The molecule has 0 aromatic heterocycles. The van der Waals surface area contributed by atoms with Gasteiger partial charge in [0.15, 0.2) is 0 Å². The molecule has 2 aromatic carbocycles. The molecule has 6 nitrogen and oxygen atoms in total. The Kier molecular flexibility index (Phi) is 4.95. The van der Waals surface area contributed by atoms with Crippen LogP contribution >= 0.6 is 15.9 Å². The van der Waals surface area contributed by atoms with Crippen molar-refractivity contribution in [3.05, 3.63) is 75.8 Å². The molecule has 0 N–H and O–H groups in total. The van der Waals surface area contributed by atoms with Gasteiger partial charge in [-0.15, -0.1) is 0 Å². The highest BCUT2D eigenvalue weighted by Gasteiger charge is 2.59. The number of benzene rings is 2. The number of ether oxygens (including phenoxy) is 1. The molecule has 4 atom stereocenters. The summed E-state index contributed by atoms with van der Waals surface area (Å²) in [6.07, 6.45) is 6.49. The van der Waals surface area contributed by atoms with Gasteiger partial charge in [-0.1, -0.05) is 46.3 Å². The molecule has 0 radical (unpaired) electrons. The van der Waals surface area contributed by atoms with Crippen molar-refractivity contribution >= 4 is 34.0 Å². The second kappa shape index (κ2) is 7.78. The van der Waals surface area contributed by atoms with Gasteiger partial charge in [-0.2, -0.15) is 15.4 Å². The summed E-state index contributed by atoms with van der Waals surface area (Å²) in [5.41, 5.74) is 1.96. The normalized spacial score (nSPS) is 26.0. The van der Waals surface area contributed by atoms with Crippen LogP contribution in [0.3, 0.4) is 0 Å². The lowest BCUT2D eigenvalue weighted by Crippen LogP contribution is -2.28. The molecule has 4 unspecified atom stereocenters. The number of amides is 2. The first-order valence-electron chi connectivity index (χ1n) is 10.1. The number of hydrazone groups is 1. The van der Waals surface area contributed by atoms with Crippen molar-refractivity contribution in [2.45, 2.75) is 13.0 Å². The van der Waals surface area contributed by atoms with Crippen molar-refractivity contribution in [1.82, 2.24) is 5.01 Å². The molecule has 2 bridgehead atoms. The molecular formula is C24H18BrN3O3. The number of nitrogens with zero attached hydrogens (tertiary/aromatic N) is 3. The minimum absolute atomic E-state index is 0.150. The number of imide groups is 1. The molecule has 3 aliphatic rings. The molecule has 2 fully saturated rings. The van der Waals surface area contributed by atoms with E-state index in [1.165, 1.54) is 6.21 Å². The molecule has 7 heteroatoms. The van der Waals surface area contributed by atoms with Gasteiger partial charge in [0.2, 0.25) is 0 Å². The summed E-state index contributed by atoms with van der Waals surface area (Å²) < 4.78 is 6.76. The topological polar surface area (TPSA) is 82.8 Å². The Hall–Kier alpha value is -3.24. The summed E-state index contributed by atoms with van der Waals surface area (Å²) >= 11 is 3.44. The summed E-state index contributed by atoms with van der Waals surface area (Å²) in [6.45, 7) is 0.215. The quantitative estimate of drug-likeness (QED) is 0.371. The highest BCUT2D eigenvalue weighted by molar-refractivity contribution is 9.10. The van der Waals surface area contributed by atoms with Gasteiger partial charge in [0, 0.05) is 15.6 Å². The van der Waals surface area contributed by atoms with Crippen LogP contribution in [0.5, 0.6) is 5.75 Å². The first-order chi connectivity index (χ1) is 15.1. The van der Waals surface area contributed by atoms with E-state index < -0.39 is 0 Å². The first-order valence-corrected chi connectivity index (χ1v) is 10.9. The number of allylic oxidation sites excluding steroid dienone is 2. The van der Waals surface area contributed by atoms with Crippen LogP contribution in [-0.2, 0) is 16.2 Å². The molecule has 5 rings (SSSR count). The summed E-state index contributed by atoms with van der Waals surface area (Å²) in [6, 6.07) is 14.8. The third-order valence-corrected chi connectivity index (χ3v) is 6.75. The zero-order valence-electron chi connectivity index (χ0n) is 16.4. The monoisotopic (exact) mass is 475 g/mol. The molecule has 1 saturated heterocycles. The van der Waals surface area contributed by atoms with Gasteiger partial charge in [0.1, 0.15) is 12.4 Å². The lowest BCUT2D eigenvalue weighted by Gasteiger charge is -2.13. The fraction of sp³-hybridized carbons (Fsp3) is 0.250. The van der Waals surface area contributed by atoms with Crippen molar-refractivity contribution in [1.29, 1.82) is 5.26 Å². The van der Waals surface area contributed by atoms with Crippen LogP contribution < -0.4 is 4.74 Å². The second-order valence-electron chi connectivity index (χ2n) is 7.97. The average molecular weight is 476 g/mol. The highest BCUT2D eigenvalue weighted by Crippen LogP contribution is 2.52. The van der Waals surface area contributed by atoms with Crippen molar-refractivity contribution in [2.24, 2.45) is 28.8 Å². The Balaban J connectivity index is 1.37. The lowest BCUT2D eigenvalue weighted by molar-refractivity contribution is -0.140. The van der Waals surface area contributed by atoms with Crippen LogP contribution in [0.15, 0.2) is 64.2 Å². The third kappa shape index (κ3) is 3.37. The summed E-state index contributed by atoms with van der Waals surface area (Å²) in [4.78, 5) is 25.7. The first kappa shape index (κ1) is 19.7. The fourth-order valence-electron chi connectivity index (χ4n) is 4.78. The van der Waals surface area contributed by atoms with Crippen LogP contribution in [0.25, 0.3) is 0 Å². The Morgan fingerprint density at radius 1 is 1.13 bits per heavy atom. The maximum atomic E-state index is 12.8. The Morgan fingerprint density at radius 3 is 2.55 bits per heavy atom. The van der Waals surface area contributed by atoms with Gasteiger partial charge in [-0.3, -0.25) is 9.59 Å². The average Bonchev–Trinajstić information content (AvgIpc) is 3.46. The van der Waals surface area contributed by atoms with Crippen LogP contribution in [0.2, 0.25) is 0 Å². The predicted octanol–water partition coefficient (Wildman–Crippen LogP) is 4.04. The van der Waals surface area contributed by atoms with E-state index in [1.54, 1.807) is 18.2 Å². The van der Waals surface area contributed by atoms with E-state index in [0.29, 0.717) is 16.9 Å². The van der Waals surface area contributed by atoms with Crippen molar-refractivity contribution < 1.29 is 14.3 Å². The smallest absolute Gasteiger partial charge is 0.254 e. The number of carbonyl (C=O) groups is 2. The second-order valence-corrected chi connectivity index (χ2v) is 8.89. The van der Waals surface area contributed by atoms with Crippen LogP contribution in [0.4, 0.5) is 0 Å². The van der Waals surface area contributed by atoms with Crippen LogP contribution in [-0.4, -0.2) is 23.0 Å². The number of nitriles is 1. The third-order valence-electron chi connectivity index (χ3n) is 6.25. The molecule has 31 heavy (non-hydrogen) atoms. The van der Waals surface area contributed by atoms with E-state index in [9.17, 15) is 14.9 Å². The molecule has 2 aliphatic carbocycles. The Bertz CT molecular complexity index is 1150. The number of rotatable bonds is 5. The van der Waals surface area contributed by atoms with Gasteiger partial charge in [-0.05, 0) is 42.5 Å². The zero-order valence-corrected chi connectivity index (χ0v) is 18.0. The molecule has 1 saturated carbocycles. The van der Waals surface area contributed by atoms with E-state index in [4.69, 9.17) is 4.74 Å². The summed E-state index contributed by atoms with van der Waals surface area (Å²) in [5.74, 6) is -0.151. The molecule has 0 spiro atoms. The number of halogens is 1. The largest absolute Gasteiger partial charge is 0.488 e. The van der Waals surface area contributed by atoms with Gasteiger partial charge < -0.3 is 4.74 Å². The SMILES string of the molecule is N#Cc1ccccc1COc1ccc(Br)cc1C=NN1C(=O)C2C3C=CC(C3)C2C1=O. The number of fused-ring (bicyclic) bond motifs is 5. The van der Waals surface area contributed by atoms with Crippen molar-refractivity contribution in [3.8, 4) is 11.8 Å². The van der Waals surface area contributed by atoms with Gasteiger partial charge >= 0.3 is 0 Å². The number of hydrogen-bond donors (Lipinski definition) is 0. The molecule has 154 valence electrons. The Morgan fingerprint density at radius 2 is 1.84 bits per heavy atom.